The summed E-state index contributed by atoms with van der Waals surface area (Å²) in [5.41, 5.74) is 1.86. The lowest BCUT2D eigenvalue weighted by Crippen LogP contribution is -2.45. The monoisotopic (exact) mass is 404 g/mol. The molecule has 1 aliphatic carbocycles. The molecule has 4 atom stereocenters. The molecule has 29 heavy (non-hydrogen) atoms. The van der Waals surface area contributed by atoms with E-state index < -0.39 is 30.2 Å². The Morgan fingerprint density at radius 3 is 2.59 bits per heavy atom. The van der Waals surface area contributed by atoms with Crippen molar-refractivity contribution in [3.8, 4) is 11.5 Å². The third-order valence-corrected chi connectivity index (χ3v) is 5.49. The topological polar surface area (TPSA) is 96.2 Å². The molecule has 1 aromatic rings. The third-order valence-electron chi connectivity index (χ3n) is 5.49. The van der Waals surface area contributed by atoms with Crippen molar-refractivity contribution in [1.82, 2.24) is 0 Å². The second-order valence-electron chi connectivity index (χ2n) is 8.04. The van der Waals surface area contributed by atoms with Crippen molar-refractivity contribution in [3.05, 3.63) is 47.6 Å². The molecule has 0 bridgehead atoms. The van der Waals surface area contributed by atoms with Crippen molar-refractivity contribution in [2.24, 2.45) is 11.8 Å². The number of phenolic OH excluding ortho intramolecular Hbond substituents is 1. The highest BCUT2D eigenvalue weighted by Gasteiger charge is 2.38. The molecule has 0 aliphatic heterocycles. The Bertz CT molecular complexity index is 767. The molecule has 160 valence electrons. The number of hydrogen-bond donors (Lipinski definition) is 3. The highest BCUT2D eigenvalue weighted by atomic mass is 16.5. The second kappa shape index (κ2) is 9.94. The van der Waals surface area contributed by atoms with Gasteiger partial charge in [0, 0.05) is 12.3 Å². The number of esters is 1. The molecule has 0 aromatic heterocycles. The van der Waals surface area contributed by atoms with Gasteiger partial charge in [0.05, 0.1) is 18.8 Å². The number of carbonyl (C=O) groups is 1. The normalized spacial score (nSPS) is 26.0. The molecule has 0 saturated heterocycles. The molecular formula is C23H32O6. The Morgan fingerprint density at radius 2 is 1.97 bits per heavy atom. The van der Waals surface area contributed by atoms with E-state index in [0.29, 0.717) is 24.8 Å². The molecule has 0 heterocycles. The number of aliphatic hydroxyl groups excluding tert-OH is 2. The first-order valence-corrected chi connectivity index (χ1v) is 9.93. The van der Waals surface area contributed by atoms with Gasteiger partial charge in [-0.1, -0.05) is 32.1 Å². The summed E-state index contributed by atoms with van der Waals surface area (Å²) in [7, 11) is 1.40. The SMILES string of the molecule is C=C1CCC=C(C)C[C@H](OC(=O)c2ccc(O)c(OC)c2)[C@H](C(C)C)[C@H](O)[C@H]1O. The van der Waals surface area contributed by atoms with Gasteiger partial charge in [0.1, 0.15) is 12.2 Å². The number of benzene rings is 1. The van der Waals surface area contributed by atoms with Crippen LogP contribution in [0.25, 0.3) is 0 Å². The number of ether oxygens (including phenoxy) is 2. The Kier molecular flexibility index (Phi) is 7.88. The number of allylic oxidation sites excluding steroid dienone is 1. The Labute approximate surface area is 172 Å². The van der Waals surface area contributed by atoms with Crippen LogP contribution in [0.2, 0.25) is 0 Å². The van der Waals surface area contributed by atoms with Crippen LogP contribution in [0.15, 0.2) is 42.0 Å². The van der Waals surface area contributed by atoms with Gasteiger partial charge in [-0.25, -0.2) is 4.79 Å². The largest absolute Gasteiger partial charge is 0.504 e. The van der Waals surface area contributed by atoms with E-state index in [-0.39, 0.29) is 23.0 Å². The van der Waals surface area contributed by atoms with Gasteiger partial charge in [-0.15, -0.1) is 0 Å². The predicted octanol–water partition coefficient (Wildman–Crippen LogP) is 3.61. The van der Waals surface area contributed by atoms with E-state index >= 15 is 0 Å². The highest BCUT2D eigenvalue weighted by Crippen LogP contribution is 2.33. The van der Waals surface area contributed by atoms with Gasteiger partial charge in [0.15, 0.2) is 11.5 Å². The van der Waals surface area contributed by atoms with Gasteiger partial charge in [-0.2, -0.15) is 0 Å². The van der Waals surface area contributed by atoms with E-state index in [1.54, 1.807) is 0 Å². The number of rotatable bonds is 4. The zero-order chi connectivity index (χ0) is 21.7. The smallest absolute Gasteiger partial charge is 0.338 e. The van der Waals surface area contributed by atoms with E-state index in [9.17, 15) is 20.1 Å². The molecule has 0 spiro atoms. The van der Waals surface area contributed by atoms with Crippen molar-refractivity contribution >= 4 is 5.97 Å². The summed E-state index contributed by atoms with van der Waals surface area (Å²) in [4.78, 5) is 12.8. The summed E-state index contributed by atoms with van der Waals surface area (Å²) in [6, 6.07) is 4.25. The minimum absolute atomic E-state index is 0.0492. The molecule has 0 unspecified atom stereocenters. The maximum Gasteiger partial charge on any atom is 0.338 e. The molecular weight excluding hydrogens is 372 g/mol. The third kappa shape index (κ3) is 5.61. The number of phenols is 1. The lowest BCUT2D eigenvalue weighted by atomic mass is 9.78. The molecule has 0 saturated carbocycles. The highest BCUT2D eigenvalue weighted by molar-refractivity contribution is 5.90. The summed E-state index contributed by atoms with van der Waals surface area (Å²) >= 11 is 0. The summed E-state index contributed by atoms with van der Waals surface area (Å²) in [5.74, 6) is -1.01. The van der Waals surface area contributed by atoms with E-state index in [1.807, 2.05) is 20.8 Å². The zero-order valence-electron chi connectivity index (χ0n) is 17.6. The molecule has 1 aromatic carbocycles. The second-order valence-corrected chi connectivity index (χ2v) is 8.04. The fourth-order valence-electron chi connectivity index (χ4n) is 3.81. The standard InChI is InChI=1S/C23H32O6/c1-13(2)20-19(11-14(3)7-6-8-15(4)21(25)22(20)26)29-23(27)16-9-10-17(24)18(12-16)28-5/h7,9-10,12-13,19-22,24-26H,4,6,8,11H2,1-3,5H3/t19-,20-,21-,22-/m0/s1. The van der Waals surface area contributed by atoms with Crippen molar-refractivity contribution in [1.29, 1.82) is 0 Å². The van der Waals surface area contributed by atoms with Crippen LogP contribution < -0.4 is 4.74 Å². The number of carbonyl (C=O) groups excluding carboxylic acids is 1. The zero-order valence-corrected chi connectivity index (χ0v) is 17.6. The molecule has 6 nitrogen and oxygen atoms in total. The van der Waals surface area contributed by atoms with Gasteiger partial charge in [-0.05, 0) is 49.5 Å². The summed E-state index contributed by atoms with van der Waals surface area (Å²) in [6.45, 7) is 9.74. The van der Waals surface area contributed by atoms with Crippen molar-refractivity contribution in [2.75, 3.05) is 7.11 Å². The van der Waals surface area contributed by atoms with E-state index in [0.717, 1.165) is 5.57 Å². The van der Waals surface area contributed by atoms with E-state index in [4.69, 9.17) is 9.47 Å². The molecule has 0 fully saturated rings. The molecule has 1 aliphatic rings. The maximum absolute atomic E-state index is 12.8. The van der Waals surface area contributed by atoms with Crippen LogP contribution in [0.3, 0.4) is 0 Å². The van der Waals surface area contributed by atoms with Crippen LogP contribution in [0.5, 0.6) is 11.5 Å². The number of aliphatic hydroxyl groups is 2. The Balaban J connectivity index is 2.37. The average molecular weight is 405 g/mol. The number of methoxy groups -OCH3 is 1. The Morgan fingerprint density at radius 1 is 1.28 bits per heavy atom. The van der Waals surface area contributed by atoms with Crippen LogP contribution in [-0.4, -0.2) is 46.7 Å². The van der Waals surface area contributed by atoms with Gasteiger partial charge in [0.2, 0.25) is 0 Å². The lowest BCUT2D eigenvalue weighted by Gasteiger charge is -2.37. The summed E-state index contributed by atoms with van der Waals surface area (Å²) in [6.07, 6.45) is 1.01. The number of hydrogen-bond acceptors (Lipinski definition) is 6. The first-order valence-electron chi connectivity index (χ1n) is 9.93. The van der Waals surface area contributed by atoms with Crippen LogP contribution >= 0.6 is 0 Å². The van der Waals surface area contributed by atoms with Gasteiger partial charge in [-0.3, -0.25) is 0 Å². The summed E-state index contributed by atoms with van der Waals surface area (Å²) < 4.78 is 10.9. The van der Waals surface area contributed by atoms with E-state index in [1.165, 1.54) is 25.3 Å². The van der Waals surface area contributed by atoms with Gasteiger partial charge in [0.25, 0.3) is 0 Å². The molecule has 0 amide bonds. The molecule has 3 N–H and O–H groups in total. The van der Waals surface area contributed by atoms with Crippen molar-refractivity contribution in [2.45, 2.75) is 58.3 Å². The minimum atomic E-state index is -1.10. The van der Waals surface area contributed by atoms with Gasteiger partial charge >= 0.3 is 5.97 Å². The van der Waals surface area contributed by atoms with Crippen LogP contribution in [0.1, 0.15) is 50.4 Å². The van der Waals surface area contributed by atoms with Crippen molar-refractivity contribution in [3.63, 3.8) is 0 Å². The molecule has 6 heteroatoms. The van der Waals surface area contributed by atoms with Crippen LogP contribution in [0, 0.1) is 11.8 Å². The van der Waals surface area contributed by atoms with E-state index in [2.05, 4.69) is 12.7 Å². The number of aromatic hydroxyl groups is 1. The van der Waals surface area contributed by atoms with Crippen LogP contribution in [-0.2, 0) is 4.74 Å². The molecule has 0 radical (unpaired) electrons. The first-order chi connectivity index (χ1) is 13.6. The fraction of sp³-hybridized carbons (Fsp3) is 0.522. The minimum Gasteiger partial charge on any atom is -0.504 e. The van der Waals surface area contributed by atoms with Gasteiger partial charge < -0.3 is 24.8 Å². The maximum atomic E-state index is 12.8. The first kappa shape index (κ1) is 23.0. The quantitative estimate of drug-likeness (QED) is 0.524. The summed E-state index contributed by atoms with van der Waals surface area (Å²) in [5, 5.41) is 31.2. The average Bonchev–Trinajstić information content (AvgIpc) is 2.66. The molecule has 2 rings (SSSR count). The lowest BCUT2D eigenvalue weighted by molar-refractivity contribution is -0.0707. The fourth-order valence-corrected chi connectivity index (χ4v) is 3.81. The Hall–Kier alpha value is -2.31. The van der Waals surface area contributed by atoms with Crippen LogP contribution in [0.4, 0.5) is 0 Å². The van der Waals surface area contributed by atoms with Crippen molar-refractivity contribution < 1.29 is 29.6 Å². The predicted molar refractivity (Wildman–Crippen MR) is 111 cm³/mol.